The Balaban J connectivity index is 2.15. The highest BCUT2D eigenvalue weighted by molar-refractivity contribution is 6.34. The van der Waals surface area contributed by atoms with Crippen LogP contribution in [0.15, 0.2) is 12.3 Å². The van der Waals surface area contributed by atoms with E-state index < -0.39 is 0 Å². The molecule has 96 valence electrons. The third-order valence-corrected chi connectivity index (χ3v) is 3.69. The SMILES string of the molecule is N#Cc1ccnc(NC2CCCCCC2O)c1Cl. The van der Waals surface area contributed by atoms with Crippen LogP contribution < -0.4 is 5.32 Å². The lowest BCUT2D eigenvalue weighted by Crippen LogP contribution is -2.32. The minimum Gasteiger partial charge on any atom is -0.391 e. The minimum absolute atomic E-state index is 0.0357. The zero-order chi connectivity index (χ0) is 13.0. The topological polar surface area (TPSA) is 68.9 Å². The summed E-state index contributed by atoms with van der Waals surface area (Å²) < 4.78 is 0. The quantitative estimate of drug-likeness (QED) is 0.807. The number of nitriles is 1. The summed E-state index contributed by atoms with van der Waals surface area (Å²) in [5.41, 5.74) is 0.400. The van der Waals surface area contributed by atoms with Gasteiger partial charge in [-0.2, -0.15) is 5.26 Å². The van der Waals surface area contributed by atoms with Crippen LogP contribution in [0.1, 0.15) is 37.7 Å². The number of rotatable bonds is 2. The van der Waals surface area contributed by atoms with Crippen molar-refractivity contribution >= 4 is 17.4 Å². The fourth-order valence-electron chi connectivity index (χ4n) is 2.26. The number of hydrogen-bond donors (Lipinski definition) is 2. The van der Waals surface area contributed by atoms with E-state index in [2.05, 4.69) is 10.3 Å². The van der Waals surface area contributed by atoms with Crippen LogP contribution in [0.2, 0.25) is 5.02 Å². The van der Waals surface area contributed by atoms with Crippen LogP contribution >= 0.6 is 11.6 Å². The van der Waals surface area contributed by atoms with Gasteiger partial charge in [-0.3, -0.25) is 0 Å². The van der Waals surface area contributed by atoms with Gasteiger partial charge in [-0.25, -0.2) is 4.98 Å². The fraction of sp³-hybridized carbons (Fsp3) is 0.538. The maximum Gasteiger partial charge on any atom is 0.146 e. The maximum atomic E-state index is 10.0. The molecule has 1 aromatic rings. The van der Waals surface area contributed by atoms with Gasteiger partial charge in [-0.05, 0) is 18.9 Å². The molecular weight excluding hydrogens is 250 g/mol. The Labute approximate surface area is 112 Å². The van der Waals surface area contributed by atoms with E-state index in [0.29, 0.717) is 16.4 Å². The Hall–Kier alpha value is -1.31. The van der Waals surface area contributed by atoms with Crippen LogP contribution in [0.25, 0.3) is 0 Å². The first-order valence-corrected chi connectivity index (χ1v) is 6.59. The molecule has 2 unspecified atom stereocenters. The van der Waals surface area contributed by atoms with E-state index in [0.717, 1.165) is 32.1 Å². The van der Waals surface area contributed by atoms with Crippen LogP contribution in [0, 0.1) is 11.3 Å². The molecule has 5 heteroatoms. The molecule has 2 rings (SSSR count). The van der Waals surface area contributed by atoms with Crippen LogP contribution in [-0.4, -0.2) is 22.2 Å². The van der Waals surface area contributed by atoms with Crippen molar-refractivity contribution in [2.45, 2.75) is 44.2 Å². The van der Waals surface area contributed by atoms with Crippen LogP contribution in [-0.2, 0) is 0 Å². The van der Waals surface area contributed by atoms with Gasteiger partial charge in [0.2, 0.25) is 0 Å². The molecule has 0 aliphatic heterocycles. The molecular formula is C13H16ClN3O. The van der Waals surface area contributed by atoms with Gasteiger partial charge >= 0.3 is 0 Å². The predicted molar refractivity (Wildman–Crippen MR) is 70.5 cm³/mol. The van der Waals surface area contributed by atoms with Crippen molar-refractivity contribution < 1.29 is 5.11 Å². The molecule has 1 fully saturated rings. The molecule has 1 aliphatic rings. The second kappa shape index (κ2) is 6.03. The Morgan fingerprint density at radius 3 is 2.94 bits per heavy atom. The van der Waals surface area contributed by atoms with E-state index in [1.165, 1.54) is 0 Å². The molecule has 1 saturated carbocycles. The van der Waals surface area contributed by atoms with Crippen molar-refractivity contribution in [1.82, 2.24) is 4.98 Å². The van der Waals surface area contributed by atoms with Gasteiger partial charge in [0.05, 0.1) is 17.7 Å². The molecule has 4 nitrogen and oxygen atoms in total. The van der Waals surface area contributed by atoms with Crippen LogP contribution in [0.3, 0.4) is 0 Å². The number of aromatic nitrogens is 1. The number of hydrogen-bond acceptors (Lipinski definition) is 4. The van der Waals surface area contributed by atoms with E-state index >= 15 is 0 Å². The molecule has 0 radical (unpaired) electrons. The monoisotopic (exact) mass is 265 g/mol. The van der Waals surface area contributed by atoms with Crippen molar-refractivity contribution in [3.63, 3.8) is 0 Å². The second-order valence-corrected chi connectivity index (χ2v) is 4.97. The molecule has 0 spiro atoms. The summed E-state index contributed by atoms with van der Waals surface area (Å²) in [5, 5.41) is 22.4. The largest absolute Gasteiger partial charge is 0.391 e. The highest BCUT2D eigenvalue weighted by atomic mass is 35.5. The lowest BCUT2D eigenvalue weighted by Gasteiger charge is -2.22. The van der Waals surface area contributed by atoms with Gasteiger partial charge in [0, 0.05) is 6.20 Å². The zero-order valence-corrected chi connectivity index (χ0v) is 10.8. The molecule has 18 heavy (non-hydrogen) atoms. The van der Waals surface area contributed by atoms with Gasteiger partial charge in [0.1, 0.15) is 16.9 Å². The lowest BCUT2D eigenvalue weighted by molar-refractivity contribution is 0.144. The van der Waals surface area contributed by atoms with Crippen molar-refractivity contribution in [2.75, 3.05) is 5.32 Å². The summed E-state index contributed by atoms with van der Waals surface area (Å²) >= 11 is 6.09. The first kappa shape index (κ1) is 13.1. The highest BCUT2D eigenvalue weighted by Gasteiger charge is 2.22. The minimum atomic E-state index is -0.379. The first-order valence-electron chi connectivity index (χ1n) is 6.21. The number of anilines is 1. The number of aliphatic hydroxyl groups is 1. The number of nitrogens with one attached hydrogen (secondary N) is 1. The van der Waals surface area contributed by atoms with E-state index in [-0.39, 0.29) is 12.1 Å². The smallest absolute Gasteiger partial charge is 0.146 e. The summed E-state index contributed by atoms with van der Waals surface area (Å²) in [5.74, 6) is 0.488. The summed E-state index contributed by atoms with van der Waals surface area (Å²) in [4.78, 5) is 4.14. The molecule has 0 aromatic carbocycles. The van der Waals surface area contributed by atoms with Gasteiger partial charge in [-0.1, -0.05) is 30.9 Å². The third-order valence-electron chi connectivity index (χ3n) is 3.31. The summed E-state index contributed by atoms with van der Waals surface area (Å²) in [6.45, 7) is 0. The number of nitrogens with zero attached hydrogens (tertiary/aromatic N) is 2. The summed E-state index contributed by atoms with van der Waals surface area (Å²) in [6.07, 6.45) is 6.16. The predicted octanol–water partition coefficient (Wildman–Crippen LogP) is 2.71. The average Bonchev–Trinajstić information content (AvgIpc) is 2.57. The number of aliphatic hydroxyl groups excluding tert-OH is 1. The van der Waals surface area contributed by atoms with Gasteiger partial charge in [0.25, 0.3) is 0 Å². The zero-order valence-electron chi connectivity index (χ0n) is 10.1. The third kappa shape index (κ3) is 2.92. The van der Waals surface area contributed by atoms with Crippen molar-refractivity contribution in [3.8, 4) is 6.07 Å². The Morgan fingerprint density at radius 2 is 2.17 bits per heavy atom. The number of halogens is 1. The van der Waals surface area contributed by atoms with Gasteiger partial charge < -0.3 is 10.4 Å². The number of pyridine rings is 1. The Morgan fingerprint density at radius 1 is 1.39 bits per heavy atom. The van der Waals surface area contributed by atoms with Gasteiger partial charge in [0.15, 0.2) is 0 Å². The van der Waals surface area contributed by atoms with Crippen LogP contribution in [0.5, 0.6) is 0 Å². The molecule has 1 aromatic heterocycles. The molecule has 1 aliphatic carbocycles. The van der Waals surface area contributed by atoms with Crippen molar-refractivity contribution in [1.29, 1.82) is 5.26 Å². The molecule has 2 atom stereocenters. The highest BCUT2D eigenvalue weighted by Crippen LogP contribution is 2.26. The Kier molecular flexibility index (Phi) is 4.40. The van der Waals surface area contributed by atoms with E-state index in [9.17, 15) is 5.11 Å². The second-order valence-electron chi connectivity index (χ2n) is 4.59. The normalized spacial score (nSPS) is 24.1. The molecule has 0 bridgehead atoms. The summed E-state index contributed by atoms with van der Waals surface area (Å²) in [6, 6.07) is 3.57. The maximum absolute atomic E-state index is 10.0. The standard InChI is InChI=1S/C13H16ClN3O/c14-12-9(8-15)6-7-16-13(12)17-10-4-2-1-3-5-11(10)18/h6-7,10-11,18H,1-5H2,(H,16,17). The van der Waals surface area contributed by atoms with Gasteiger partial charge in [-0.15, -0.1) is 0 Å². The fourth-order valence-corrected chi connectivity index (χ4v) is 2.47. The lowest BCUT2D eigenvalue weighted by atomic mass is 10.1. The van der Waals surface area contributed by atoms with E-state index in [1.54, 1.807) is 12.3 Å². The molecule has 1 heterocycles. The molecule has 2 N–H and O–H groups in total. The van der Waals surface area contributed by atoms with Crippen LogP contribution in [0.4, 0.5) is 5.82 Å². The first-order chi connectivity index (χ1) is 8.72. The van der Waals surface area contributed by atoms with E-state index in [1.807, 2.05) is 6.07 Å². The molecule has 0 saturated heterocycles. The molecule has 0 amide bonds. The average molecular weight is 266 g/mol. The van der Waals surface area contributed by atoms with Crippen molar-refractivity contribution in [2.24, 2.45) is 0 Å². The van der Waals surface area contributed by atoms with E-state index in [4.69, 9.17) is 16.9 Å². The summed E-state index contributed by atoms with van der Waals surface area (Å²) in [7, 11) is 0. The van der Waals surface area contributed by atoms with Crippen molar-refractivity contribution in [3.05, 3.63) is 22.8 Å². The Bertz CT molecular complexity index is 458.